The van der Waals surface area contributed by atoms with Crippen LogP contribution < -0.4 is 18.9 Å². The van der Waals surface area contributed by atoms with E-state index in [-0.39, 0.29) is 23.4 Å². The number of nitrogens with one attached hydrogen (secondary N) is 1. The Balaban J connectivity index is 2.37. The standard InChI is InChI=1S/C23H24N2O8/c1-29-15-6-13(7-16(10-15)30-2)21-19(12-20(26)33-5)24-22(23(21)25(27)28)14-8-17(31-3)11-18(9-14)32-4/h6-11,24H,12H2,1-5H3. The Morgan fingerprint density at radius 1 is 0.818 bits per heavy atom. The van der Waals surface area contributed by atoms with Crippen molar-refractivity contribution in [3.05, 3.63) is 52.2 Å². The van der Waals surface area contributed by atoms with Gasteiger partial charge in [-0.25, -0.2) is 0 Å². The molecule has 1 aromatic heterocycles. The fraction of sp³-hybridized carbons (Fsp3) is 0.261. The van der Waals surface area contributed by atoms with E-state index in [0.29, 0.717) is 39.8 Å². The summed E-state index contributed by atoms with van der Waals surface area (Å²) >= 11 is 0. The summed E-state index contributed by atoms with van der Waals surface area (Å²) in [5, 5.41) is 12.3. The summed E-state index contributed by atoms with van der Waals surface area (Å²) in [5.74, 6) is 1.22. The maximum absolute atomic E-state index is 12.3. The third-order valence-corrected chi connectivity index (χ3v) is 5.06. The number of rotatable bonds is 9. The summed E-state index contributed by atoms with van der Waals surface area (Å²) in [7, 11) is 7.18. The number of carbonyl (C=O) groups excluding carboxylic acids is 1. The highest BCUT2D eigenvalue weighted by Crippen LogP contribution is 2.45. The molecule has 2 aromatic carbocycles. The van der Waals surface area contributed by atoms with Crippen molar-refractivity contribution in [2.45, 2.75) is 6.42 Å². The fourth-order valence-electron chi connectivity index (χ4n) is 3.50. The topological polar surface area (TPSA) is 122 Å². The molecule has 3 rings (SSSR count). The molecule has 0 atom stereocenters. The number of nitrogens with zero attached hydrogens (tertiary/aromatic N) is 1. The number of H-pyrrole nitrogens is 1. The molecule has 33 heavy (non-hydrogen) atoms. The van der Waals surface area contributed by atoms with Crippen LogP contribution in [-0.2, 0) is 16.0 Å². The highest BCUT2D eigenvalue weighted by atomic mass is 16.6. The zero-order chi connectivity index (χ0) is 24.1. The molecule has 0 aliphatic heterocycles. The Morgan fingerprint density at radius 3 is 1.67 bits per heavy atom. The zero-order valence-electron chi connectivity index (χ0n) is 18.9. The molecular weight excluding hydrogens is 432 g/mol. The molecule has 0 spiro atoms. The molecule has 0 radical (unpaired) electrons. The normalized spacial score (nSPS) is 10.5. The van der Waals surface area contributed by atoms with Crippen LogP contribution >= 0.6 is 0 Å². The van der Waals surface area contributed by atoms with Crippen molar-refractivity contribution < 1.29 is 33.4 Å². The van der Waals surface area contributed by atoms with Crippen LogP contribution in [0.3, 0.4) is 0 Å². The lowest BCUT2D eigenvalue weighted by Gasteiger charge is -2.09. The number of hydrogen-bond acceptors (Lipinski definition) is 8. The SMILES string of the molecule is COC(=O)Cc1[nH]c(-c2cc(OC)cc(OC)c2)c([N+](=O)[O-])c1-c1cc(OC)cc(OC)c1. The molecule has 0 bridgehead atoms. The second kappa shape index (κ2) is 9.94. The predicted molar refractivity (Wildman–Crippen MR) is 120 cm³/mol. The van der Waals surface area contributed by atoms with Crippen LogP contribution in [0.4, 0.5) is 5.69 Å². The van der Waals surface area contributed by atoms with Gasteiger partial charge < -0.3 is 28.7 Å². The van der Waals surface area contributed by atoms with Gasteiger partial charge >= 0.3 is 11.7 Å². The largest absolute Gasteiger partial charge is 0.497 e. The van der Waals surface area contributed by atoms with Gasteiger partial charge in [-0.2, -0.15) is 0 Å². The smallest absolute Gasteiger partial charge is 0.311 e. The van der Waals surface area contributed by atoms with Crippen LogP contribution in [0.5, 0.6) is 23.0 Å². The number of methoxy groups -OCH3 is 5. The number of nitro groups is 1. The maximum Gasteiger partial charge on any atom is 0.311 e. The quantitative estimate of drug-likeness (QED) is 0.291. The zero-order valence-corrected chi connectivity index (χ0v) is 18.9. The second-order valence-corrected chi connectivity index (χ2v) is 6.91. The van der Waals surface area contributed by atoms with Gasteiger partial charge in [-0.15, -0.1) is 0 Å². The molecule has 1 N–H and O–H groups in total. The first-order valence-corrected chi connectivity index (χ1v) is 9.78. The lowest BCUT2D eigenvalue weighted by molar-refractivity contribution is -0.383. The Kier molecular flexibility index (Phi) is 7.07. The molecule has 0 saturated heterocycles. The number of aromatic amines is 1. The molecule has 174 valence electrons. The van der Waals surface area contributed by atoms with Crippen LogP contribution in [0.15, 0.2) is 36.4 Å². The first-order valence-electron chi connectivity index (χ1n) is 9.78. The van der Waals surface area contributed by atoms with Gasteiger partial charge in [0.25, 0.3) is 0 Å². The van der Waals surface area contributed by atoms with Crippen LogP contribution in [-0.4, -0.2) is 51.4 Å². The highest BCUT2D eigenvalue weighted by Gasteiger charge is 2.31. The van der Waals surface area contributed by atoms with E-state index >= 15 is 0 Å². The Labute approximate surface area is 190 Å². The van der Waals surface area contributed by atoms with Crippen molar-refractivity contribution >= 4 is 11.7 Å². The molecule has 0 saturated carbocycles. The molecule has 0 amide bonds. The summed E-state index contributed by atoms with van der Waals surface area (Å²) in [6.07, 6.45) is -0.215. The average Bonchev–Trinajstić information content (AvgIpc) is 3.22. The second-order valence-electron chi connectivity index (χ2n) is 6.91. The van der Waals surface area contributed by atoms with Gasteiger partial charge in [0.2, 0.25) is 0 Å². The van der Waals surface area contributed by atoms with Gasteiger partial charge in [-0.05, 0) is 29.8 Å². The predicted octanol–water partition coefficient (Wildman–Crippen LogP) is 4.01. The fourth-order valence-corrected chi connectivity index (χ4v) is 3.50. The number of benzene rings is 2. The van der Waals surface area contributed by atoms with E-state index in [4.69, 9.17) is 23.7 Å². The van der Waals surface area contributed by atoms with E-state index in [1.807, 2.05) is 0 Å². The Morgan fingerprint density at radius 2 is 1.27 bits per heavy atom. The summed E-state index contributed by atoms with van der Waals surface area (Å²) in [6, 6.07) is 9.85. The van der Waals surface area contributed by atoms with Gasteiger partial charge in [0.15, 0.2) is 0 Å². The van der Waals surface area contributed by atoms with Crippen molar-refractivity contribution in [2.75, 3.05) is 35.5 Å². The molecule has 0 unspecified atom stereocenters. The minimum Gasteiger partial charge on any atom is -0.497 e. The lowest BCUT2D eigenvalue weighted by atomic mass is 10.00. The van der Waals surface area contributed by atoms with Crippen LogP contribution in [0, 0.1) is 10.1 Å². The van der Waals surface area contributed by atoms with E-state index in [2.05, 4.69) is 4.98 Å². The van der Waals surface area contributed by atoms with Crippen molar-refractivity contribution in [1.29, 1.82) is 0 Å². The summed E-state index contributed by atoms with van der Waals surface area (Å²) in [6.45, 7) is 0. The molecule has 0 aliphatic rings. The maximum atomic E-state index is 12.3. The van der Waals surface area contributed by atoms with E-state index in [1.165, 1.54) is 35.5 Å². The van der Waals surface area contributed by atoms with Gasteiger partial charge in [0.1, 0.15) is 28.7 Å². The molecular formula is C23H24N2O8. The highest BCUT2D eigenvalue weighted by molar-refractivity contribution is 5.90. The third kappa shape index (κ3) is 4.84. The minimum absolute atomic E-state index is 0.188. The Hall–Kier alpha value is -4.21. The minimum atomic E-state index is -0.558. The van der Waals surface area contributed by atoms with Crippen LogP contribution in [0.1, 0.15) is 5.69 Å². The number of aromatic nitrogens is 1. The van der Waals surface area contributed by atoms with Crippen LogP contribution in [0.25, 0.3) is 22.4 Å². The third-order valence-electron chi connectivity index (χ3n) is 5.06. The average molecular weight is 456 g/mol. The van der Waals surface area contributed by atoms with Gasteiger partial charge in [-0.1, -0.05) is 0 Å². The molecule has 10 heteroatoms. The monoisotopic (exact) mass is 456 g/mol. The van der Waals surface area contributed by atoms with Crippen LogP contribution in [0.2, 0.25) is 0 Å². The lowest BCUT2D eigenvalue weighted by Crippen LogP contribution is -2.06. The number of esters is 1. The van der Waals surface area contributed by atoms with Crippen molar-refractivity contribution in [2.24, 2.45) is 0 Å². The van der Waals surface area contributed by atoms with Gasteiger partial charge in [0, 0.05) is 23.4 Å². The van der Waals surface area contributed by atoms with Crippen molar-refractivity contribution in [3.63, 3.8) is 0 Å². The molecule has 3 aromatic rings. The molecule has 0 aliphatic carbocycles. The Bertz CT molecular complexity index is 1140. The molecule has 1 heterocycles. The molecule has 10 nitrogen and oxygen atoms in total. The van der Waals surface area contributed by atoms with E-state index in [1.54, 1.807) is 36.4 Å². The van der Waals surface area contributed by atoms with Crippen molar-refractivity contribution in [3.8, 4) is 45.4 Å². The first kappa shape index (κ1) is 23.5. The number of carbonyl (C=O) groups is 1. The van der Waals surface area contributed by atoms with E-state index < -0.39 is 10.9 Å². The first-order chi connectivity index (χ1) is 15.8. The number of ether oxygens (including phenoxy) is 5. The van der Waals surface area contributed by atoms with Gasteiger partial charge in [-0.3, -0.25) is 14.9 Å². The summed E-state index contributed by atoms with van der Waals surface area (Å²) < 4.78 is 26.1. The summed E-state index contributed by atoms with van der Waals surface area (Å²) in [5.41, 5.74) is 1.38. The summed E-state index contributed by atoms with van der Waals surface area (Å²) in [4.78, 5) is 27.0. The number of hydrogen-bond donors (Lipinski definition) is 1. The van der Waals surface area contributed by atoms with E-state index in [9.17, 15) is 14.9 Å². The molecule has 0 fully saturated rings. The van der Waals surface area contributed by atoms with Crippen molar-refractivity contribution in [1.82, 2.24) is 4.98 Å². The van der Waals surface area contributed by atoms with E-state index in [0.717, 1.165) is 0 Å². The van der Waals surface area contributed by atoms with Gasteiger partial charge in [0.05, 0.1) is 52.5 Å².